The van der Waals surface area contributed by atoms with E-state index >= 15 is 0 Å². The van der Waals surface area contributed by atoms with Crippen molar-refractivity contribution in [3.05, 3.63) is 70.3 Å². The van der Waals surface area contributed by atoms with E-state index in [0.717, 1.165) is 29.8 Å². The van der Waals surface area contributed by atoms with Crippen LogP contribution in [0.3, 0.4) is 0 Å². The number of nitrogens with zero attached hydrogens (tertiary/aromatic N) is 4. The van der Waals surface area contributed by atoms with Crippen LogP contribution in [0.4, 0.5) is 17.6 Å². The number of carbonyl (C=O) groups is 1. The average Bonchev–Trinajstić information content (AvgIpc) is 3.46. The van der Waals surface area contributed by atoms with Crippen molar-refractivity contribution in [3.63, 3.8) is 0 Å². The Labute approximate surface area is 193 Å². The van der Waals surface area contributed by atoms with Crippen molar-refractivity contribution in [2.24, 2.45) is 5.73 Å². The van der Waals surface area contributed by atoms with Gasteiger partial charge in [-0.2, -0.15) is 10.1 Å². The second-order valence-electron chi connectivity index (χ2n) is 7.06. The molecule has 1 aromatic carbocycles. The van der Waals surface area contributed by atoms with Gasteiger partial charge in [0.25, 0.3) is 5.91 Å². The number of primary amides is 1. The highest BCUT2D eigenvalue weighted by atomic mass is 35.5. The summed E-state index contributed by atoms with van der Waals surface area (Å²) in [5.41, 5.74) is 7.18. The van der Waals surface area contributed by atoms with Gasteiger partial charge < -0.3 is 25.6 Å². The minimum absolute atomic E-state index is 0.0627. The quantitative estimate of drug-likeness (QED) is 0.274. The molecule has 11 nitrogen and oxygen atoms in total. The lowest BCUT2D eigenvalue weighted by Crippen LogP contribution is -2.10. The minimum atomic E-state index is -0.654. The maximum absolute atomic E-state index is 11.1. The summed E-state index contributed by atoms with van der Waals surface area (Å²) < 4.78 is 10.3. The molecule has 0 aliphatic heterocycles. The predicted octanol–water partition coefficient (Wildman–Crippen LogP) is 3.09. The number of benzene rings is 1. The topological polar surface area (TPSA) is 157 Å². The molecule has 12 heteroatoms. The molecule has 0 unspecified atom stereocenters. The van der Waals surface area contributed by atoms with Crippen molar-refractivity contribution >= 4 is 35.1 Å². The zero-order valence-electron chi connectivity index (χ0n) is 17.6. The molecule has 3 heterocycles. The van der Waals surface area contributed by atoms with Crippen molar-refractivity contribution in [2.45, 2.75) is 19.4 Å². The van der Waals surface area contributed by atoms with Gasteiger partial charge in [0.2, 0.25) is 5.95 Å². The number of aromatic amines is 1. The van der Waals surface area contributed by atoms with Gasteiger partial charge >= 0.3 is 0 Å². The van der Waals surface area contributed by atoms with E-state index in [1.54, 1.807) is 25.4 Å². The zero-order valence-corrected chi connectivity index (χ0v) is 18.4. The van der Waals surface area contributed by atoms with Crippen LogP contribution < -0.4 is 21.1 Å². The standard InChI is InChI=1S/C21H21ClN8O3/c1-32-15-7-12(6-13(22)8-15)2-3-14-9-19(29-28-14)26-18-4-5-24-21(27-18)25-11-16-10-17(20(23)31)30-33-16/h4-10H,2-3,11H2,1H3,(H2,23,31)(H3,24,25,26,27,28,29). The van der Waals surface area contributed by atoms with Crippen LogP contribution in [0.15, 0.2) is 47.1 Å². The van der Waals surface area contributed by atoms with E-state index in [2.05, 4.69) is 36.0 Å². The lowest BCUT2D eigenvalue weighted by atomic mass is 10.1. The van der Waals surface area contributed by atoms with E-state index in [0.29, 0.717) is 28.4 Å². The summed E-state index contributed by atoms with van der Waals surface area (Å²) in [7, 11) is 1.61. The highest BCUT2D eigenvalue weighted by Gasteiger charge is 2.10. The molecule has 33 heavy (non-hydrogen) atoms. The zero-order chi connectivity index (χ0) is 23.2. The van der Waals surface area contributed by atoms with Crippen LogP contribution in [-0.2, 0) is 19.4 Å². The number of aromatic nitrogens is 5. The first kappa shape index (κ1) is 22.1. The lowest BCUT2D eigenvalue weighted by Gasteiger charge is -2.06. The van der Waals surface area contributed by atoms with Crippen molar-refractivity contribution in [1.82, 2.24) is 25.3 Å². The van der Waals surface area contributed by atoms with Crippen LogP contribution in [0.1, 0.15) is 27.5 Å². The SMILES string of the molecule is COc1cc(Cl)cc(CCc2cc(Nc3ccnc(NCc4cc(C(N)=O)no4)n3)[nH]n2)c1. The van der Waals surface area contributed by atoms with E-state index < -0.39 is 5.91 Å². The molecule has 5 N–H and O–H groups in total. The largest absolute Gasteiger partial charge is 0.497 e. The fraction of sp³-hybridized carbons (Fsp3) is 0.190. The maximum atomic E-state index is 11.1. The predicted molar refractivity (Wildman–Crippen MR) is 122 cm³/mol. The molecule has 4 rings (SSSR count). The van der Waals surface area contributed by atoms with Gasteiger partial charge in [-0.05, 0) is 42.7 Å². The Hall–Kier alpha value is -4.12. The van der Waals surface area contributed by atoms with Gasteiger partial charge in [-0.3, -0.25) is 9.89 Å². The third kappa shape index (κ3) is 5.98. The molecule has 0 bridgehead atoms. The van der Waals surface area contributed by atoms with Crippen molar-refractivity contribution in [3.8, 4) is 5.75 Å². The summed E-state index contributed by atoms with van der Waals surface area (Å²) >= 11 is 6.13. The molecule has 0 spiro atoms. The van der Waals surface area contributed by atoms with Gasteiger partial charge in [-0.1, -0.05) is 16.8 Å². The monoisotopic (exact) mass is 468 g/mol. The molecule has 0 fully saturated rings. The van der Waals surface area contributed by atoms with Crippen LogP contribution in [0, 0.1) is 0 Å². The first-order chi connectivity index (χ1) is 16.0. The average molecular weight is 469 g/mol. The molecule has 0 saturated carbocycles. The summed E-state index contributed by atoms with van der Waals surface area (Å²) in [4.78, 5) is 19.6. The third-order valence-corrected chi connectivity index (χ3v) is 4.84. The Balaban J connectivity index is 1.33. The van der Waals surface area contributed by atoms with Crippen LogP contribution in [-0.4, -0.2) is 38.3 Å². The number of hydrogen-bond acceptors (Lipinski definition) is 9. The Morgan fingerprint density at radius 2 is 2.12 bits per heavy atom. The van der Waals surface area contributed by atoms with Gasteiger partial charge in [-0.15, -0.1) is 0 Å². The van der Waals surface area contributed by atoms with Gasteiger partial charge in [0.05, 0.1) is 19.3 Å². The first-order valence-electron chi connectivity index (χ1n) is 9.95. The van der Waals surface area contributed by atoms with E-state index in [9.17, 15) is 4.79 Å². The summed E-state index contributed by atoms with van der Waals surface area (Å²) in [6, 6.07) is 10.7. The maximum Gasteiger partial charge on any atom is 0.270 e. The molecule has 0 aliphatic carbocycles. The van der Waals surface area contributed by atoms with E-state index in [1.807, 2.05) is 18.2 Å². The first-order valence-corrected chi connectivity index (χ1v) is 10.3. The van der Waals surface area contributed by atoms with Crippen LogP contribution in [0.5, 0.6) is 5.75 Å². The molecule has 1 amide bonds. The van der Waals surface area contributed by atoms with Crippen molar-refractivity contribution in [2.75, 3.05) is 17.7 Å². The fourth-order valence-corrected chi connectivity index (χ4v) is 3.29. The van der Waals surface area contributed by atoms with E-state index in [-0.39, 0.29) is 12.2 Å². The highest BCUT2D eigenvalue weighted by Crippen LogP contribution is 2.22. The number of carbonyl (C=O) groups excluding carboxylic acids is 1. The second-order valence-corrected chi connectivity index (χ2v) is 7.50. The van der Waals surface area contributed by atoms with E-state index in [1.165, 1.54) is 6.07 Å². The number of aryl methyl sites for hydroxylation is 2. The summed E-state index contributed by atoms with van der Waals surface area (Å²) in [5, 5.41) is 17.7. The summed E-state index contributed by atoms with van der Waals surface area (Å²) in [5.74, 6) is 2.13. The van der Waals surface area contributed by atoms with Gasteiger partial charge in [0.15, 0.2) is 11.5 Å². The molecular weight excluding hydrogens is 448 g/mol. The number of halogens is 1. The highest BCUT2D eigenvalue weighted by molar-refractivity contribution is 6.30. The molecule has 0 aliphatic rings. The second kappa shape index (κ2) is 10.0. The van der Waals surface area contributed by atoms with E-state index in [4.69, 9.17) is 26.6 Å². The minimum Gasteiger partial charge on any atom is -0.497 e. The number of H-pyrrole nitrogens is 1. The number of hydrogen-bond donors (Lipinski definition) is 4. The molecule has 0 radical (unpaired) electrons. The number of anilines is 3. The number of methoxy groups -OCH3 is 1. The molecular formula is C21H21ClN8O3. The smallest absolute Gasteiger partial charge is 0.270 e. The Bertz CT molecular complexity index is 1260. The Morgan fingerprint density at radius 3 is 2.91 bits per heavy atom. The number of rotatable bonds is 10. The Kier molecular flexibility index (Phi) is 6.69. The number of ether oxygens (including phenoxy) is 1. The van der Waals surface area contributed by atoms with Crippen LogP contribution in [0.25, 0.3) is 0 Å². The molecule has 4 aromatic rings. The number of nitrogens with one attached hydrogen (secondary N) is 3. The number of nitrogens with two attached hydrogens (primary N) is 1. The lowest BCUT2D eigenvalue weighted by molar-refractivity contribution is 0.0991. The van der Waals surface area contributed by atoms with Crippen molar-refractivity contribution in [1.29, 1.82) is 0 Å². The molecule has 3 aromatic heterocycles. The summed E-state index contributed by atoms with van der Waals surface area (Å²) in [6.07, 6.45) is 3.10. The molecule has 0 atom stereocenters. The Morgan fingerprint density at radius 1 is 1.24 bits per heavy atom. The molecule has 0 saturated heterocycles. The summed E-state index contributed by atoms with van der Waals surface area (Å²) in [6.45, 7) is 0.242. The fourth-order valence-electron chi connectivity index (χ4n) is 3.04. The third-order valence-electron chi connectivity index (χ3n) is 4.62. The normalized spacial score (nSPS) is 10.7. The van der Waals surface area contributed by atoms with Gasteiger partial charge in [0, 0.05) is 23.4 Å². The number of amides is 1. The van der Waals surface area contributed by atoms with Crippen molar-refractivity contribution < 1.29 is 14.1 Å². The van der Waals surface area contributed by atoms with Gasteiger partial charge in [0.1, 0.15) is 17.4 Å². The van der Waals surface area contributed by atoms with Crippen LogP contribution >= 0.6 is 11.6 Å². The van der Waals surface area contributed by atoms with Crippen LogP contribution in [0.2, 0.25) is 5.02 Å². The molecule has 170 valence electrons. The van der Waals surface area contributed by atoms with Gasteiger partial charge in [-0.25, -0.2) is 4.98 Å².